The number of ketones is 1. The summed E-state index contributed by atoms with van der Waals surface area (Å²) in [7, 11) is 0. The second-order valence-corrected chi connectivity index (χ2v) is 7.46. The minimum atomic E-state index is 0.156. The molecule has 0 aromatic carbocycles. The van der Waals surface area contributed by atoms with Crippen LogP contribution in [0.5, 0.6) is 0 Å². The highest BCUT2D eigenvalue weighted by Crippen LogP contribution is 2.25. The highest BCUT2D eigenvalue weighted by molar-refractivity contribution is 6.15. The molecule has 0 saturated carbocycles. The summed E-state index contributed by atoms with van der Waals surface area (Å²) in [5.41, 5.74) is 6.95. The Bertz CT molecular complexity index is 1060. The second kappa shape index (κ2) is 8.43. The molecule has 0 fully saturated rings. The lowest BCUT2D eigenvalue weighted by atomic mass is 9.93. The highest BCUT2D eigenvalue weighted by atomic mass is 16.1. The predicted molar refractivity (Wildman–Crippen MR) is 113 cm³/mol. The van der Waals surface area contributed by atoms with Crippen LogP contribution in [0.15, 0.2) is 60.0 Å². The SMILES string of the molecule is CC[C@H](CC(=O)Cc1cc2c(cn1)C(c1ccnc(C)c1)=NC2)c1ccccn1. The van der Waals surface area contributed by atoms with Gasteiger partial charge in [0.05, 0.1) is 12.3 Å². The molecule has 146 valence electrons. The number of aryl methyl sites for hydroxylation is 1. The van der Waals surface area contributed by atoms with Crippen LogP contribution in [0.2, 0.25) is 0 Å². The van der Waals surface area contributed by atoms with E-state index < -0.39 is 0 Å². The molecule has 0 aliphatic carbocycles. The Morgan fingerprint density at radius 3 is 2.76 bits per heavy atom. The van der Waals surface area contributed by atoms with E-state index in [9.17, 15) is 4.79 Å². The number of hydrogen-bond acceptors (Lipinski definition) is 5. The van der Waals surface area contributed by atoms with Crippen molar-refractivity contribution >= 4 is 11.5 Å². The molecular formula is C24H24N4O. The Morgan fingerprint density at radius 2 is 2.00 bits per heavy atom. The van der Waals surface area contributed by atoms with Gasteiger partial charge < -0.3 is 0 Å². The first-order chi connectivity index (χ1) is 14.1. The summed E-state index contributed by atoms with van der Waals surface area (Å²) in [5, 5.41) is 0. The number of aliphatic imine (C=N–C) groups is 1. The molecule has 4 heterocycles. The van der Waals surface area contributed by atoms with Crippen LogP contribution in [0.3, 0.4) is 0 Å². The molecule has 5 heteroatoms. The van der Waals surface area contributed by atoms with Crippen molar-refractivity contribution < 1.29 is 4.79 Å². The highest BCUT2D eigenvalue weighted by Gasteiger charge is 2.20. The van der Waals surface area contributed by atoms with E-state index in [1.807, 2.05) is 49.5 Å². The summed E-state index contributed by atoms with van der Waals surface area (Å²) >= 11 is 0. The number of aromatic nitrogens is 3. The third-order valence-corrected chi connectivity index (χ3v) is 5.33. The Kier molecular flexibility index (Phi) is 5.56. The van der Waals surface area contributed by atoms with Gasteiger partial charge in [0.15, 0.2) is 0 Å². The van der Waals surface area contributed by atoms with Gasteiger partial charge in [0, 0.05) is 65.6 Å². The fraction of sp³-hybridized carbons (Fsp3) is 0.292. The van der Waals surface area contributed by atoms with Crippen molar-refractivity contribution in [2.24, 2.45) is 4.99 Å². The van der Waals surface area contributed by atoms with Gasteiger partial charge in [0.25, 0.3) is 0 Å². The number of carbonyl (C=O) groups excluding carboxylic acids is 1. The van der Waals surface area contributed by atoms with Gasteiger partial charge in [0.2, 0.25) is 0 Å². The second-order valence-electron chi connectivity index (χ2n) is 7.46. The van der Waals surface area contributed by atoms with Crippen molar-refractivity contribution in [1.29, 1.82) is 0 Å². The molecule has 0 amide bonds. The number of hydrogen-bond donors (Lipinski definition) is 0. The molecule has 0 N–H and O–H groups in total. The molecule has 1 atom stereocenters. The van der Waals surface area contributed by atoms with Crippen LogP contribution < -0.4 is 0 Å². The van der Waals surface area contributed by atoms with Crippen molar-refractivity contribution in [3.05, 3.63) is 88.8 Å². The van der Waals surface area contributed by atoms with Crippen LogP contribution in [0.25, 0.3) is 0 Å². The topological polar surface area (TPSA) is 68.1 Å². The van der Waals surface area contributed by atoms with E-state index in [-0.39, 0.29) is 11.7 Å². The maximum atomic E-state index is 12.7. The summed E-state index contributed by atoms with van der Waals surface area (Å²) in [6, 6.07) is 11.9. The first kappa shape index (κ1) is 19.1. The van der Waals surface area contributed by atoms with Crippen molar-refractivity contribution in [3.63, 3.8) is 0 Å². The molecule has 0 bridgehead atoms. The average Bonchev–Trinajstić information content (AvgIpc) is 3.16. The van der Waals surface area contributed by atoms with Gasteiger partial charge in [-0.3, -0.25) is 24.7 Å². The Labute approximate surface area is 171 Å². The van der Waals surface area contributed by atoms with Crippen molar-refractivity contribution in [3.8, 4) is 0 Å². The van der Waals surface area contributed by atoms with Gasteiger partial charge >= 0.3 is 0 Å². The van der Waals surface area contributed by atoms with Gasteiger partial charge in [-0.15, -0.1) is 0 Å². The molecular weight excluding hydrogens is 360 g/mol. The first-order valence-corrected chi connectivity index (χ1v) is 10.0. The first-order valence-electron chi connectivity index (χ1n) is 10.0. The van der Waals surface area contributed by atoms with E-state index in [4.69, 9.17) is 4.99 Å². The third kappa shape index (κ3) is 4.29. The maximum Gasteiger partial charge on any atom is 0.139 e. The van der Waals surface area contributed by atoms with Crippen LogP contribution in [0, 0.1) is 6.92 Å². The van der Waals surface area contributed by atoms with E-state index in [0.29, 0.717) is 19.4 Å². The van der Waals surface area contributed by atoms with E-state index >= 15 is 0 Å². The minimum absolute atomic E-state index is 0.156. The largest absolute Gasteiger partial charge is 0.299 e. The molecule has 0 spiro atoms. The number of pyridine rings is 3. The smallest absolute Gasteiger partial charge is 0.139 e. The lowest BCUT2D eigenvalue weighted by Gasteiger charge is -2.13. The molecule has 3 aromatic rings. The molecule has 0 radical (unpaired) electrons. The summed E-state index contributed by atoms with van der Waals surface area (Å²) in [6.45, 7) is 4.70. The lowest BCUT2D eigenvalue weighted by molar-refractivity contribution is -0.118. The summed E-state index contributed by atoms with van der Waals surface area (Å²) in [5.74, 6) is 0.349. The van der Waals surface area contributed by atoms with Crippen molar-refractivity contribution in [1.82, 2.24) is 15.0 Å². The Hall–Kier alpha value is -3.21. The van der Waals surface area contributed by atoms with Crippen LogP contribution in [-0.4, -0.2) is 26.4 Å². The third-order valence-electron chi connectivity index (χ3n) is 5.33. The zero-order valence-corrected chi connectivity index (χ0v) is 16.8. The van der Waals surface area contributed by atoms with Crippen molar-refractivity contribution in [2.75, 3.05) is 0 Å². The van der Waals surface area contributed by atoms with Crippen LogP contribution >= 0.6 is 0 Å². The Balaban J connectivity index is 1.46. The molecule has 3 aromatic heterocycles. The number of Topliss-reactive ketones (excluding diaryl/α,β-unsaturated/α-hetero) is 1. The number of fused-ring (bicyclic) bond motifs is 1. The van der Waals surface area contributed by atoms with E-state index in [2.05, 4.69) is 21.9 Å². The molecule has 5 nitrogen and oxygen atoms in total. The number of nitrogens with zero attached hydrogens (tertiary/aromatic N) is 4. The molecule has 4 rings (SSSR count). The predicted octanol–water partition coefficient (Wildman–Crippen LogP) is 4.23. The standard InChI is InChI=1S/C24H24N4O/c1-3-17(23-6-4-5-8-26-23)12-21(29)13-20-11-19-14-28-24(22(19)15-27-20)18-7-9-25-16(2)10-18/h4-11,15,17H,3,12-14H2,1-2H3/t17-/m1/s1. The van der Waals surface area contributed by atoms with Crippen LogP contribution in [0.1, 0.15) is 59.5 Å². The monoisotopic (exact) mass is 384 g/mol. The molecule has 0 unspecified atom stereocenters. The zero-order valence-electron chi connectivity index (χ0n) is 16.8. The van der Waals surface area contributed by atoms with E-state index in [1.54, 1.807) is 12.4 Å². The lowest BCUT2D eigenvalue weighted by Crippen LogP contribution is -2.12. The summed E-state index contributed by atoms with van der Waals surface area (Å²) in [6.07, 6.45) is 7.17. The molecule has 0 saturated heterocycles. The molecule has 1 aliphatic heterocycles. The van der Waals surface area contributed by atoms with E-state index in [0.717, 1.165) is 45.9 Å². The van der Waals surface area contributed by atoms with Gasteiger partial charge in [-0.25, -0.2) is 0 Å². The Morgan fingerprint density at radius 1 is 1.10 bits per heavy atom. The number of carbonyl (C=O) groups is 1. The molecule has 29 heavy (non-hydrogen) atoms. The summed E-state index contributed by atoms with van der Waals surface area (Å²) < 4.78 is 0. The normalized spacial score (nSPS) is 13.7. The van der Waals surface area contributed by atoms with Gasteiger partial charge in [0.1, 0.15) is 5.78 Å². The maximum absolute atomic E-state index is 12.7. The zero-order chi connectivity index (χ0) is 20.2. The fourth-order valence-electron chi connectivity index (χ4n) is 3.80. The van der Waals surface area contributed by atoms with Crippen LogP contribution in [-0.2, 0) is 17.8 Å². The number of rotatable bonds is 7. The van der Waals surface area contributed by atoms with Crippen molar-refractivity contribution in [2.45, 2.75) is 45.6 Å². The average molecular weight is 384 g/mol. The van der Waals surface area contributed by atoms with E-state index in [1.165, 1.54) is 0 Å². The van der Waals surface area contributed by atoms with Gasteiger partial charge in [-0.05, 0) is 49.2 Å². The minimum Gasteiger partial charge on any atom is -0.299 e. The van der Waals surface area contributed by atoms with Gasteiger partial charge in [-0.1, -0.05) is 13.0 Å². The van der Waals surface area contributed by atoms with Crippen LogP contribution in [0.4, 0.5) is 0 Å². The quantitative estimate of drug-likeness (QED) is 0.611. The fourth-order valence-corrected chi connectivity index (χ4v) is 3.80. The molecule has 1 aliphatic rings. The van der Waals surface area contributed by atoms with Gasteiger partial charge in [-0.2, -0.15) is 0 Å². The summed E-state index contributed by atoms with van der Waals surface area (Å²) in [4.78, 5) is 30.6.